The smallest absolute Gasteiger partial charge is 0.289 e. The van der Waals surface area contributed by atoms with Crippen LogP contribution >= 0.6 is 31.9 Å². The van der Waals surface area contributed by atoms with Crippen LogP contribution in [0.5, 0.6) is 5.75 Å². The lowest BCUT2D eigenvalue weighted by Crippen LogP contribution is -2.18. The van der Waals surface area contributed by atoms with Gasteiger partial charge in [-0.2, -0.15) is 10.2 Å². The van der Waals surface area contributed by atoms with Gasteiger partial charge in [0.15, 0.2) is 0 Å². The van der Waals surface area contributed by atoms with Crippen molar-refractivity contribution in [1.82, 2.24) is 15.6 Å². The van der Waals surface area contributed by atoms with Gasteiger partial charge in [-0.3, -0.25) is 9.89 Å². The zero-order valence-electron chi connectivity index (χ0n) is 13.0. The van der Waals surface area contributed by atoms with Gasteiger partial charge in [-0.15, -0.1) is 0 Å². The van der Waals surface area contributed by atoms with Crippen molar-refractivity contribution in [2.75, 3.05) is 0 Å². The summed E-state index contributed by atoms with van der Waals surface area (Å²) in [7, 11) is 0. The Kier molecular flexibility index (Phi) is 5.48. The lowest BCUT2D eigenvalue weighted by Gasteiger charge is -2.02. The first-order valence-electron chi connectivity index (χ1n) is 7.27. The van der Waals surface area contributed by atoms with Gasteiger partial charge in [-0.25, -0.2) is 9.82 Å². The van der Waals surface area contributed by atoms with Gasteiger partial charge in [0.25, 0.3) is 5.91 Å². The van der Waals surface area contributed by atoms with Crippen LogP contribution in [0.4, 0.5) is 4.39 Å². The number of phenolic OH excluding ortho intramolecular Hbond substituents is 1. The third-order valence-electron chi connectivity index (χ3n) is 3.39. The van der Waals surface area contributed by atoms with E-state index in [-0.39, 0.29) is 17.3 Å². The van der Waals surface area contributed by atoms with E-state index in [4.69, 9.17) is 0 Å². The minimum Gasteiger partial charge on any atom is -0.506 e. The first kappa shape index (κ1) is 18.3. The summed E-state index contributed by atoms with van der Waals surface area (Å²) < 4.78 is 14.2. The zero-order valence-corrected chi connectivity index (χ0v) is 16.2. The van der Waals surface area contributed by atoms with Crippen molar-refractivity contribution >= 4 is 44.0 Å². The number of carbonyl (C=O) groups excluding carboxylic acids is 1. The van der Waals surface area contributed by atoms with Gasteiger partial charge in [0.2, 0.25) is 0 Å². The maximum atomic E-state index is 13.0. The number of carbonyl (C=O) groups is 1. The van der Waals surface area contributed by atoms with Gasteiger partial charge in [0, 0.05) is 15.6 Å². The highest BCUT2D eigenvalue weighted by Gasteiger charge is 2.11. The summed E-state index contributed by atoms with van der Waals surface area (Å²) in [6, 6.07) is 10.6. The third-order valence-corrected chi connectivity index (χ3v) is 4.45. The molecule has 9 heteroatoms. The molecule has 1 amide bonds. The number of hydrazone groups is 1. The van der Waals surface area contributed by atoms with Crippen LogP contribution in [0.15, 0.2) is 56.5 Å². The van der Waals surface area contributed by atoms with E-state index in [0.29, 0.717) is 21.3 Å². The second-order valence-electron chi connectivity index (χ2n) is 5.20. The van der Waals surface area contributed by atoms with Crippen molar-refractivity contribution in [3.05, 3.63) is 68.5 Å². The Hall–Kier alpha value is -2.52. The van der Waals surface area contributed by atoms with Crippen LogP contribution in [0.1, 0.15) is 16.1 Å². The number of benzene rings is 2. The van der Waals surface area contributed by atoms with E-state index < -0.39 is 5.91 Å². The molecule has 0 radical (unpaired) electrons. The van der Waals surface area contributed by atoms with Crippen molar-refractivity contribution in [2.24, 2.45) is 5.10 Å². The number of halogens is 3. The first-order chi connectivity index (χ1) is 12.4. The van der Waals surface area contributed by atoms with Crippen LogP contribution in [0, 0.1) is 5.82 Å². The fraction of sp³-hybridized carbons (Fsp3) is 0. The molecule has 0 saturated carbocycles. The van der Waals surface area contributed by atoms with E-state index in [0.717, 1.165) is 4.47 Å². The van der Waals surface area contributed by atoms with Crippen molar-refractivity contribution in [2.45, 2.75) is 0 Å². The van der Waals surface area contributed by atoms with E-state index in [2.05, 4.69) is 52.6 Å². The molecule has 0 atom stereocenters. The van der Waals surface area contributed by atoms with Crippen LogP contribution in [0.2, 0.25) is 0 Å². The standard InChI is InChI=1S/C17H11Br2FN4O2/c18-11-5-10(16(25)13(19)6-11)8-21-24-17(26)15-7-14(22-23-15)9-1-3-12(20)4-2-9/h1-8,25H,(H,22,23)(H,24,26). The summed E-state index contributed by atoms with van der Waals surface area (Å²) in [5.41, 5.74) is 4.14. The number of aromatic hydroxyl groups is 1. The lowest BCUT2D eigenvalue weighted by molar-refractivity contribution is 0.0950. The Bertz CT molecular complexity index is 987. The van der Waals surface area contributed by atoms with Crippen molar-refractivity contribution in [3.8, 4) is 17.0 Å². The highest BCUT2D eigenvalue weighted by molar-refractivity contribution is 9.11. The fourth-order valence-corrected chi connectivity index (χ4v) is 3.37. The predicted molar refractivity (Wildman–Crippen MR) is 103 cm³/mol. The zero-order chi connectivity index (χ0) is 18.7. The molecule has 26 heavy (non-hydrogen) atoms. The van der Waals surface area contributed by atoms with Gasteiger partial charge in [0.1, 0.15) is 17.3 Å². The molecule has 0 unspecified atom stereocenters. The number of nitrogens with one attached hydrogen (secondary N) is 2. The molecule has 0 fully saturated rings. The van der Waals surface area contributed by atoms with Gasteiger partial charge in [0.05, 0.1) is 16.4 Å². The van der Waals surface area contributed by atoms with Crippen LogP contribution in [0.3, 0.4) is 0 Å². The maximum Gasteiger partial charge on any atom is 0.289 e. The molecule has 3 rings (SSSR count). The van der Waals surface area contributed by atoms with E-state index in [9.17, 15) is 14.3 Å². The molecule has 0 saturated heterocycles. The van der Waals surface area contributed by atoms with Crippen LogP contribution < -0.4 is 5.43 Å². The average Bonchev–Trinajstić information content (AvgIpc) is 3.09. The molecule has 3 aromatic rings. The number of amides is 1. The molecule has 0 bridgehead atoms. The predicted octanol–water partition coefficient (Wildman–Crippen LogP) is 4.21. The molecular weight excluding hydrogens is 471 g/mol. The number of rotatable bonds is 4. The fourth-order valence-electron chi connectivity index (χ4n) is 2.11. The van der Waals surface area contributed by atoms with E-state index in [1.165, 1.54) is 24.4 Å². The van der Waals surface area contributed by atoms with Crippen molar-refractivity contribution in [1.29, 1.82) is 0 Å². The molecule has 2 aromatic carbocycles. The van der Waals surface area contributed by atoms with E-state index in [1.807, 2.05) is 0 Å². The maximum absolute atomic E-state index is 13.0. The highest BCUT2D eigenvalue weighted by Crippen LogP contribution is 2.30. The molecule has 0 aliphatic carbocycles. The number of aromatic amines is 1. The molecule has 1 heterocycles. The summed E-state index contributed by atoms with van der Waals surface area (Å²) in [6.07, 6.45) is 1.32. The number of nitrogens with zero attached hydrogens (tertiary/aromatic N) is 2. The summed E-state index contributed by atoms with van der Waals surface area (Å²) in [5.74, 6) is -0.846. The van der Waals surface area contributed by atoms with E-state index in [1.54, 1.807) is 24.3 Å². The van der Waals surface area contributed by atoms with Crippen LogP contribution in [-0.2, 0) is 0 Å². The SMILES string of the molecule is O=C(NN=Cc1cc(Br)cc(Br)c1O)c1cc(-c2ccc(F)cc2)n[nH]1. The summed E-state index contributed by atoms with van der Waals surface area (Å²) in [6.45, 7) is 0. The molecule has 3 N–H and O–H groups in total. The third kappa shape index (κ3) is 4.17. The minimum atomic E-state index is -0.504. The van der Waals surface area contributed by atoms with Gasteiger partial charge >= 0.3 is 0 Å². The summed E-state index contributed by atoms with van der Waals surface area (Å²) in [4.78, 5) is 12.1. The minimum absolute atomic E-state index is 0.00587. The molecule has 0 aliphatic rings. The topological polar surface area (TPSA) is 90.4 Å². The second kappa shape index (κ2) is 7.79. The molecule has 1 aromatic heterocycles. The molecular formula is C17H11Br2FN4O2. The van der Waals surface area contributed by atoms with Gasteiger partial charge in [-0.1, -0.05) is 15.9 Å². The van der Waals surface area contributed by atoms with Crippen molar-refractivity contribution in [3.63, 3.8) is 0 Å². The average molecular weight is 482 g/mol. The number of phenols is 1. The Morgan fingerprint density at radius 3 is 2.69 bits per heavy atom. The van der Waals surface area contributed by atoms with Gasteiger partial charge < -0.3 is 5.11 Å². The number of hydrogen-bond acceptors (Lipinski definition) is 4. The Balaban J connectivity index is 1.70. The second-order valence-corrected chi connectivity index (χ2v) is 6.97. The Morgan fingerprint density at radius 1 is 1.23 bits per heavy atom. The Labute approximate surface area is 164 Å². The highest BCUT2D eigenvalue weighted by atomic mass is 79.9. The molecule has 6 nitrogen and oxygen atoms in total. The summed E-state index contributed by atoms with van der Waals surface area (Å²) >= 11 is 6.53. The lowest BCUT2D eigenvalue weighted by atomic mass is 10.1. The number of hydrogen-bond donors (Lipinski definition) is 3. The number of H-pyrrole nitrogens is 1. The molecule has 0 aliphatic heterocycles. The van der Waals surface area contributed by atoms with Gasteiger partial charge in [-0.05, 0) is 58.4 Å². The van der Waals surface area contributed by atoms with E-state index >= 15 is 0 Å². The molecule has 0 spiro atoms. The monoisotopic (exact) mass is 480 g/mol. The largest absolute Gasteiger partial charge is 0.506 e. The molecule has 132 valence electrons. The number of aromatic nitrogens is 2. The van der Waals surface area contributed by atoms with Crippen LogP contribution in [-0.4, -0.2) is 27.4 Å². The Morgan fingerprint density at radius 2 is 1.96 bits per heavy atom. The first-order valence-corrected chi connectivity index (χ1v) is 8.85. The van der Waals surface area contributed by atoms with Crippen LogP contribution in [0.25, 0.3) is 11.3 Å². The summed E-state index contributed by atoms with van der Waals surface area (Å²) in [5, 5.41) is 20.4. The normalized spacial score (nSPS) is 11.0. The van der Waals surface area contributed by atoms with Crippen molar-refractivity contribution < 1.29 is 14.3 Å². The quantitative estimate of drug-likeness (QED) is 0.385.